The number of aliphatic hydroxyl groups is 1. The molecule has 27 heavy (non-hydrogen) atoms. The Hall–Kier alpha value is -2.85. The Labute approximate surface area is 155 Å². The molecule has 10 nitrogen and oxygen atoms in total. The van der Waals surface area contributed by atoms with Crippen LogP contribution in [0.2, 0.25) is 0 Å². The molecule has 1 aromatic heterocycles. The van der Waals surface area contributed by atoms with Crippen molar-refractivity contribution in [2.24, 2.45) is 0 Å². The maximum Gasteiger partial charge on any atom is 0.294 e. The second kappa shape index (κ2) is 11.0. The van der Waals surface area contributed by atoms with E-state index in [1.165, 1.54) is 0 Å². The van der Waals surface area contributed by atoms with Gasteiger partial charge in [0.15, 0.2) is 0 Å². The minimum atomic E-state index is -0.879. The lowest BCUT2D eigenvalue weighted by Crippen LogP contribution is -2.37. The van der Waals surface area contributed by atoms with Crippen LogP contribution in [0.15, 0.2) is 30.5 Å². The quantitative estimate of drug-likeness (QED) is 0.227. The van der Waals surface area contributed by atoms with Crippen molar-refractivity contribution in [3.63, 3.8) is 0 Å². The Morgan fingerprint density at radius 2 is 2.19 bits per heavy atom. The van der Waals surface area contributed by atoms with Gasteiger partial charge < -0.3 is 30.3 Å². The predicted molar refractivity (Wildman–Crippen MR) is 97.9 cm³/mol. The molecule has 0 aliphatic carbocycles. The van der Waals surface area contributed by atoms with E-state index in [0.29, 0.717) is 25.4 Å². The fourth-order valence-electron chi connectivity index (χ4n) is 2.45. The molecule has 0 fully saturated rings. The summed E-state index contributed by atoms with van der Waals surface area (Å²) in [6.07, 6.45) is 1.59. The molecule has 1 atom stereocenters. The van der Waals surface area contributed by atoms with Crippen LogP contribution in [0.1, 0.15) is 12.8 Å². The summed E-state index contributed by atoms with van der Waals surface area (Å²) < 4.78 is 5.67. The largest absolute Gasteiger partial charge is 0.490 e. The lowest BCUT2D eigenvalue weighted by atomic mass is 10.2. The van der Waals surface area contributed by atoms with Crippen LogP contribution in [0, 0.1) is 10.1 Å². The summed E-state index contributed by atoms with van der Waals surface area (Å²) in [4.78, 5) is 28.7. The second-order valence-corrected chi connectivity index (χ2v) is 5.87. The van der Waals surface area contributed by atoms with Gasteiger partial charge in [0.2, 0.25) is 5.91 Å². The van der Waals surface area contributed by atoms with Gasteiger partial charge in [-0.05, 0) is 24.6 Å². The van der Waals surface area contributed by atoms with Crippen molar-refractivity contribution in [3.05, 3.63) is 40.6 Å². The number of nitrogens with zero attached hydrogens (tertiary/aromatic N) is 1. The maximum absolute atomic E-state index is 11.5. The number of benzene rings is 1. The van der Waals surface area contributed by atoms with Crippen molar-refractivity contribution in [3.8, 4) is 5.75 Å². The van der Waals surface area contributed by atoms with Crippen LogP contribution in [0.25, 0.3) is 10.9 Å². The number of hydrogen-bond acceptors (Lipinski definition) is 7. The van der Waals surface area contributed by atoms with Crippen molar-refractivity contribution in [2.45, 2.75) is 18.9 Å². The summed E-state index contributed by atoms with van der Waals surface area (Å²) in [6, 6.07) is 7.60. The highest BCUT2D eigenvalue weighted by Crippen LogP contribution is 2.24. The standard InChI is InChI=1S/C17H24N4O6/c22-13(12-26-16-4-1-3-15-14(16)6-7-19-15)11-18-8-9-20-17(23)5-2-10-27-21(24)25/h1,3-4,6-7,13,18-19,22H,2,5,8-12H2,(H,20,23). The van der Waals surface area contributed by atoms with Crippen LogP contribution in [0.3, 0.4) is 0 Å². The number of carbonyl (C=O) groups is 1. The van der Waals surface area contributed by atoms with Gasteiger partial charge in [0.05, 0.1) is 6.61 Å². The zero-order valence-electron chi connectivity index (χ0n) is 14.8. The Balaban J connectivity index is 1.52. The van der Waals surface area contributed by atoms with Crippen LogP contribution in [0.4, 0.5) is 0 Å². The SMILES string of the molecule is O=C(CCCO[N+](=O)[O-])NCCNCC(O)COc1cccc2[nH]ccc12. The van der Waals surface area contributed by atoms with Gasteiger partial charge in [0.1, 0.15) is 18.5 Å². The van der Waals surface area contributed by atoms with Gasteiger partial charge >= 0.3 is 0 Å². The van der Waals surface area contributed by atoms with E-state index < -0.39 is 11.2 Å². The van der Waals surface area contributed by atoms with E-state index in [4.69, 9.17) is 4.74 Å². The molecule has 1 unspecified atom stereocenters. The molecule has 0 radical (unpaired) electrons. The summed E-state index contributed by atoms with van der Waals surface area (Å²) in [7, 11) is 0. The Kier molecular flexibility index (Phi) is 8.33. The van der Waals surface area contributed by atoms with Crippen molar-refractivity contribution in [2.75, 3.05) is 32.8 Å². The molecule has 2 rings (SSSR count). The normalized spacial score (nSPS) is 11.9. The molecule has 148 valence electrons. The molecule has 1 heterocycles. The first-order chi connectivity index (χ1) is 13.1. The first kappa shape index (κ1) is 20.5. The van der Waals surface area contributed by atoms with E-state index in [9.17, 15) is 20.0 Å². The van der Waals surface area contributed by atoms with Gasteiger partial charge in [0.25, 0.3) is 5.09 Å². The second-order valence-electron chi connectivity index (χ2n) is 5.87. The monoisotopic (exact) mass is 380 g/mol. The van der Waals surface area contributed by atoms with Gasteiger partial charge in [-0.15, -0.1) is 10.1 Å². The van der Waals surface area contributed by atoms with Crippen molar-refractivity contribution < 1.29 is 24.6 Å². The molecule has 0 saturated heterocycles. The third kappa shape index (κ3) is 7.50. The highest BCUT2D eigenvalue weighted by atomic mass is 16.9. The minimum absolute atomic E-state index is 0.0959. The number of aromatic amines is 1. The molecule has 0 spiro atoms. The molecule has 0 aliphatic rings. The zero-order valence-corrected chi connectivity index (χ0v) is 14.8. The topological polar surface area (TPSA) is 139 Å². The molecule has 0 aliphatic heterocycles. The molecule has 1 amide bonds. The lowest BCUT2D eigenvalue weighted by molar-refractivity contribution is -0.757. The number of ether oxygens (including phenoxy) is 1. The summed E-state index contributed by atoms with van der Waals surface area (Å²) >= 11 is 0. The molecule has 0 bridgehead atoms. The number of aromatic nitrogens is 1. The third-order valence-electron chi connectivity index (χ3n) is 3.73. The van der Waals surface area contributed by atoms with E-state index in [2.05, 4.69) is 20.5 Å². The third-order valence-corrected chi connectivity index (χ3v) is 3.73. The van der Waals surface area contributed by atoms with Crippen LogP contribution in [0.5, 0.6) is 5.75 Å². The van der Waals surface area contributed by atoms with Crippen LogP contribution >= 0.6 is 0 Å². The first-order valence-electron chi connectivity index (χ1n) is 8.68. The van der Waals surface area contributed by atoms with Crippen molar-refractivity contribution in [1.82, 2.24) is 15.6 Å². The number of H-pyrrole nitrogens is 1. The number of carbonyl (C=O) groups excluding carboxylic acids is 1. The van der Waals surface area contributed by atoms with Gasteiger partial charge in [-0.1, -0.05) is 6.07 Å². The summed E-state index contributed by atoms with van der Waals surface area (Å²) in [5.74, 6) is 0.508. The van der Waals surface area contributed by atoms with Gasteiger partial charge in [-0.2, -0.15) is 0 Å². The highest BCUT2D eigenvalue weighted by Gasteiger charge is 2.08. The first-order valence-corrected chi connectivity index (χ1v) is 8.68. The number of rotatable bonds is 13. The Morgan fingerprint density at radius 3 is 3.00 bits per heavy atom. The summed E-state index contributed by atoms with van der Waals surface area (Å²) in [5, 5.41) is 25.7. The number of hydrogen-bond donors (Lipinski definition) is 4. The molecule has 1 aromatic carbocycles. The molecule has 2 aromatic rings. The fourth-order valence-corrected chi connectivity index (χ4v) is 2.45. The summed E-state index contributed by atoms with van der Waals surface area (Å²) in [6.45, 7) is 1.27. The average molecular weight is 380 g/mol. The molecule has 4 N–H and O–H groups in total. The smallest absolute Gasteiger partial charge is 0.294 e. The highest BCUT2D eigenvalue weighted by molar-refractivity contribution is 5.85. The number of amides is 1. The van der Waals surface area contributed by atoms with Crippen molar-refractivity contribution in [1.29, 1.82) is 0 Å². The predicted octanol–water partition coefficient (Wildman–Crippen LogP) is 0.602. The van der Waals surface area contributed by atoms with E-state index in [1.807, 2.05) is 30.5 Å². The van der Waals surface area contributed by atoms with Gasteiger partial charge in [-0.25, -0.2) is 0 Å². The van der Waals surface area contributed by atoms with Gasteiger partial charge in [-0.3, -0.25) is 4.79 Å². The summed E-state index contributed by atoms with van der Waals surface area (Å²) in [5.41, 5.74) is 0.973. The van der Waals surface area contributed by atoms with Crippen LogP contribution < -0.4 is 15.4 Å². The van der Waals surface area contributed by atoms with Crippen LogP contribution in [-0.2, 0) is 9.63 Å². The number of aliphatic hydroxyl groups excluding tert-OH is 1. The Bertz CT molecular complexity index is 735. The Morgan fingerprint density at radius 1 is 1.33 bits per heavy atom. The molecular weight excluding hydrogens is 356 g/mol. The lowest BCUT2D eigenvalue weighted by Gasteiger charge is -2.14. The van der Waals surface area contributed by atoms with Gasteiger partial charge in [0, 0.05) is 43.2 Å². The molecule has 10 heteroatoms. The maximum atomic E-state index is 11.5. The van der Waals surface area contributed by atoms with E-state index in [-0.39, 0.29) is 32.0 Å². The number of fused-ring (bicyclic) bond motifs is 1. The molecule has 0 saturated carbocycles. The van der Waals surface area contributed by atoms with Crippen molar-refractivity contribution >= 4 is 16.8 Å². The van der Waals surface area contributed by atoms with Crippen LogP contribution in [-0.4, -0.2) is 60.0 Å². The zero-order chi connectivity index (χ0) is 19.5. The minimum Gasteiger partial charge on any atom is -0.490 e. The molecular formula is C17H24N4O6. The van der Waals surface area contributed by atoms with E-state index in [0.717, 1.165) is 10.9 Å². The van der Waals surface area contributed by atoms with E-state index in [1.54, 1.807) is 0 Å². The van der Waals surface area contributed by atoms with E-state index >= 15 is 0 Å². The fraction of sp³-hybridized carbons (Fsp3) is 0.471. The average Bonchev–Trinajstić information content (AvgIpc) is 3.12. The number of nitrogens with one attached hydrogen (secondary N) is 3.